The third-order valence-electron chi connectivity index (χ3n) is 3.95. The van der Waals surface area contributed by atoms with Crippen LogP contribution in [0, 0.1) is 0 Å². The lowest BCUT2D eigenvalue weighted by molar-refractivity contribution is -0.112. The summed E-state index contributed by atoms with van der Waals surface area (Å²) in [6, 6.07) is 16.9. The van der Waals surface area contributed by atoms with Gasteiger partial charge in [-0.05, 0) is 50.5 Å². The summed E-state index contributed by atoms with van der Waals surface area (Å²) in [7, 11) is 1.57. The Hall–Kier alpha value is -2.82. The first-order valence-electron chi connectivity index (χ1n) is 8.95. The largest absolute Gasteiger partial charge is 0.489 e. The Morgan fingerprint density at radius 1 is 1.04 bits per heavy atom. The van der Waals surface area contributed by atoms with Gasteiger partial charge in [-0.1, -0.05) is 42.5 Å². The molecule has 0 aliphatic rings. The molecule has 0 aliphatic carbocycles. The van der Waals surface area contributed by atoms with Crippen LogP contribution < -0.4 is 4.74 Å². The third-order valence-corrected chi connectivity index (χ3v) is 3.95. The van der Waals surface area contributed by atoms with E-state index in [1.807, 2.05) is 54.6 Å². The summed E-state index contributed by atoms with van der Waals surface area (Å²) in [4.78, 5) is 25.0. The van der Waals surface area contributed by atoms with E-state index in [1.165, 1.54) is 4.90 Å². The Bertz CT molecular complexity index is 735. The minimum absolute atomic E-state index is 0.415. The van der Waals surface area contributed by atoms with Gasteiger partial charge < -0.3 is 19.2 Å². The number of benzene rings is 2. The normalized spacial score (nSPS) is 12.1. The van der Waals surface area contributed by atoms with Crippen molar-refractivity contribution in [2.24, 2.45) is 0 Å². The van der Waals surface area contributed by atoms with Crippen LogP contribution in [-0.2, 0) is 22.6 Å². The summed E-state index contributed by atoms with van der Waals surface area (Å²) in [6.07, 6.45) is 0.671. The fraction of sp³-hybridized carbons (Fsp3) is 0.364. The fourth-order valence-corrected chi connectivity index (χ4v) is 2.45. The lowest BCUT2D eigenvalue weighted by Crippen LogP contribution is -2.42. The van der Waals surface area contributed by atoms with E-state index in [0.717, 1.165) is 23.2 Å². The number of ether oxygens (including phenoxy) is 2. The van der Waals surface area contributed by atoms with Gasteiger partial charge >= 0.3 is 6.09 Å². The summed E-state index contributed by atoms with van der Waals surface area (Å²) in [5, 5.41) is 0. The zero-order valence-corrected chi connectivity index (χ0v) is 16.3. The van der Waals surface area contributed by atoms with E-state index in [9.17, 15) is 9.59 Å². The molecule has 27 heavy (non-hydrogen) atoms. The Morgan fingerprint density at radius 2 is 1.67 bits per heavy atom. The zero-order chi connectivity index (χ0) is 19.9. The van der Waals surface area contributed by atoms with Crippen molar-refractivity contribution in [2.75, 3.05) is 7.05 Å². The van der Waals surface area contributed by atoms with E-state index in [2.05, 4.69) is 0 Å². The average Bonchev–Trinajstić information content (AvgIpc) is 2.64. The van der Waals surface area contributed by atoms with Crippen molar-refractivity contribution >= 4 is 12.4 Å². The molecule has 5 heteroatoms. The second kappa shape index (κ2) is 9.21. The number of amides is 1. The number of hydrogen-bond donors (Lipinski definition) is 0. The molecular weight excluding hydrogens is 342 g/mol. The Kier molecular flexibility index (Phi) is 6.99. The van der Waals surface area contributed by atoms with Crippen LogP contribution in [0.2, 0.25) is 0 Å². The molecule has 0 N–H and O–H groups in total. The molecule has 0 aromatic heterocycles. The molecular formula is C22H27NO4. The van der Waals surface area contributed by atoms with Crippen LogP contribution in [0.15, 0.2) is 54.6 Å². The number of rotatable bonds is 7. The van der Waals surface area contributed by atoms with Gasteiger partial charge in [-0.2, -0.15) is 0 Å². The number of nitrogens with zero attached hydrogens (tertiary/aromatic N) is 1. The first-order chi connectivity index (χ1) is 12.8. The number of likely N-dealkylation sites (N-methyl/N-ethyl adjacent to an activating group) is 1. The molecule has 0 bridgehead atoms. The maximum atomic E-state index is 12.1. The van der Waals surface area contributed by atoms with E-state index in [1.54, 1.807) is 27.8 Å². The maximum absolute atomic E-state index is 12.1. The molecule has 2 aromatic rings. The third kappa shape index (κ3) is 6.77. The predicted molar refractivity (Wildman–Crippen MR) is 105 cm³/mol. The van der Waals surface area contributed by atoms with Crippen LogP contribution in [0.1, 0.15) is 31.9 Å². The highest BCUT2D eigenvalue weighted by atomic mass is 16.6. The van der Waals surface area contributed by atoms with E-state index < -0.39 is 17.7 Å². The molecule has 0 radical (unpaired) electrons. The fourth-order valence-electron chi connectivity index (χ4n) is 2.45. The van der Waals surface area contributed by atoms with Crippen LogP contribution in [0.5, 0.6) is 5.75 Å². The molecule has 0 saturated heterocycles. The molecule has 0 spiro atoms. The number of carbonyl (C=O) groups is 2. The molecule has 2 aromatic carbocycles. The summed E-state index contributed by atoms with van der Waals surface area (Å²) < 4.78 is 11.1. The lowest BCUT2D eigenvalue weighted by Gasteiger charge is -2.28. The molecule has 5 nitrogen and oxygen atoms in total. The highest BCUT2D eigenvalue weighted by Crippen LogP contribution is 2.17. The van der Waals surface area contributed by atoms with Gasteiger partial charge in [0.15, 0.2) is 0 Å². The zero-order valence-electron chi connectivity index (χ0n) is 16.3. The van der Waals surface area contributed by atoms with Gasteiger partial charge in [-0.3, -0.25) is 0 Å². The SMILES string of the molecule is CN(C(=O)OC(C)(C)C)[C@H](C=O)Cc1ccc(OCc2ccccc2)cc1. The summed E-state index contributed by atoms with van der Waals surface area (Å²) in [5.41, 5.74) is 1.44. The van der Waals surface area contributed by atoms with Crippen LogP contribution in [0.4, 0.5) is 4.79 Å². The van der Waals surface area contributed by atoms with Gasteiger partial charge in [0.2, 0.25) is 0 Å². The molecule has 1 atom stereocenters. The van der Waals surface area contributed by atoms with Crippen molar-refractivity contribution in [2.45, 2.75) is 45.4 Å². The van der Waals surface area contributed by atoms with Gasteiger partial charge in [0, 0.05) is 7.05 Å². The molecule has 144 valence electrons. The van der Waals surface area contributed by atoms with Crippen molar-refractivity contribution in [3.05, 3.63) is 65.7 Å². The summed E-state index contributed by atoms with van der Waals surface area (Å²) in [5.74, 6) is 0.755. The van der Waals surface area contributed by atoms with Crippen LogP contribution in [-0.4, -0.2) is 36.0 Å². The van der Waals surface area contributed by atoms with E-state index in [0.29, 0.717) is 13.0 Å². The highest BCUT2D eigenvalue weighted by Gasteiger charge is 2.25. The minimum Gasteiger partial charge on any atom is -0.489 e. The van der Waals surface area contributed by atoms with Crippen LogP contribution in [0.3, 0.4) is 0 Å². The summed E-state index contributed by atoms with van der Waals surface area (Å²) in [6.45, 7) is 5.88. The first-order valence-corrected chi connectivity index (χ1v) is 8.95. The van der Waals surface area contributed by atoms with E-state index >= 15 is 0 Å². The molecule has 0 aliphatic heterocycles. The maximum Gasteiger partial charge on any atom is 0.410 e. The highest BCUT2D eigenvalue weighted by molar-refractivity contribution is 5.73. The Morgan fingerprint density at radius 3 is 2.22 bits per heavy atom. The standard InChI is InChI=1S/C22H27NO4/c1-22(2,3)27-21(25)23(4)19(15-24)14-17-10-12-20(13-11-17)26-16-18-8-6-5-7-9-18/h5-13,15,19H,14,16H2,1-4H3/t19-/m0/s1. The van der Waals surface area contributed by atoms with Gasteiger partial charge in [0.1, 0.15) is 24.2 Å². The molecule has 1 amide bonds. The molecule has 2 rings (SSSR count). The van der Waals surface area contributed by atoms with Crippen molar-refractivity contribution in [3.63, 3.8) is 0 Å². The second-order valence-corrected chi connectivity index (χ2v) is 7.42. The summed E-state index contributed by atoms with van der Waals surface area (Å²) >= 11 is 0. The van der Waals surface area contributed by atoms with Crippen LogP contribution in [0.25, 0.3) is 0 Å². The number of aldehydes is 1. The van der Waals surface area contributed by atoms with E-state index in [4.69, 9.17) is 9.47 Å². The van der Waals surface area contributed by atoms with Crippen molar-refractivity contribution < 1.29 is 19.1 Å². The monoisotopic (exact) mass is 369 g/mol. The smallest absolute Gasteiger partial charge is 0.410 e. The van der Waals surface area contributed by atoms with Gasteiger partial charge in [0.25, 0.3) is 0 Å². The van der Waals surface area contributed by atoms with Gasteiger partial charge in [0.05, 0.1) is 6.04 Å². The second-order valence-electron chi connectivity index (χ2n) is 7.42. The van der Waals surface area contributed by atoms with Crippen molar-refractivity contribution in [1.82, 2.24) is 4.90 Å². The van der Waals surface area contributed by atoms with Crippen molar-refractivity contribution in [1.29, 1.82) is 0 Å². The van der Waals surface area contributed by atoms with E-state index in [-0.39, 0.29) is 0 Å². The van der Waals surface area contributed by atoms with Gasteiger partial charge in [-0.15, -0.1) is 0 Å². The minimum atomic E-state index is -0.601. The molecule has 0 heterocycles. The molecule has 0 unspecified atom stereocenters. The predicted octanol–water partition coefficient (Wildman–Crippen LogP) is 4.24. The number of hydrogen-bond acceptors (Lipinski definition) is 4. The Balaban J connectivity index is 1.93. The number of carbonyl (C=O) groups excluding carboxylic acids is 2. The van der Waals surface area contributed by atoms with Gasteiger partial charge in [-0.25, -0.2) is 4.79 Å². The topological polar surface area (TPSA) is 55.8 Å². The lowest BCUT2D eigenvalue weighted by atomic mass is 10.1. The van der Waals surface area contributed by atoms with Crippen molar-refractivity contribution in [3.8, 4) is 5.75 Å². The first kappa shape index (κ1) is 20.5. The quantitative estimate of drug-likeness (QED) is 0.685. The molecule has 0 fully saturated rings. The average molecular weight is 369 g/mol. The van der Waals surface area contributed by atoms with Crippen LogP contribution >= 0.6 is 0 Å². The Labute approximate surface area is 160 Å². The molecule has 0 saturated carbocycles.